The van der Waals surface area contributed by atoms with E-state index in [4.69, 9.17) is 28.3 Å². The van der Waals surface area contributed by atoms with Gasteiger partial charge in [-0.1, -0.05) is 0 Å². The smallest absolute Gasteiger partial charge is 0.326 e. The van der Waals surface area contributed by atoms with E-state index in [1.807, 2.05) is 0 Å². The van der Waals surface area contributed by atoms with Gasteiger partial charge in [0.15, 0.2) is 0 Å². The number of hydrogen-bond acceptors (Lipinski definition) is 1. The summed E-state index contributed by atoms with van der Waals surface area (Å²) in [5.74, 6) is 0. The molecule has 36 valence electrons. The third-order valence-corrected chi connectivity index (χ3v) is 2.35. The van der Waals surface area contributed by atoms with Crippen molar-refractivity contribution >= 4 is 38.4 Å². The number of rotatable bonds is 2. The van der Waals surface area contributed by atoms with E-state index in [1.165, 1.54) is 0 Å². The van der Waals surface area contributed by atoms with Crippen LogP contribution < -0.4 is 0 Å². The Morgan fingerprint density at radius 3 is 2.17 bits per heavy atom. The summed E-state index contributed by atoms with van der Waals surface area (Å²) < 4.78 is -0.269. The molecule has 0 spiro atoms. The summed E-state index contributed by atoms with van der Waals surface area (Å²) in [6.07, 6.45) is 0. The van der Waals surface area contributed by atoms with Crippen LogP contribution in [0.3, 0.4) is 0 Å². The van der Waals surface area contributed by atoms with Crippen molar-refractivity contribution in [2.24, 2.45) is 0 Å². The Balaban J connectivity index is 2.63. The summed E-state index contributed by atoms with van der Waals surface area (Å²) in [4.78, 5) is 0. The van der Waals surface area contributed by atoms with Crippen LogP contribution in [0.25, 0.3) is 0 Å². The number of aliphatic hydroxyl groups is 1. The summed E-state index contributed by atoms with van der Waals surface area (Å²) in [5.41, 5.74) is 0.206. The van der Waals surface area contributed by atoms with Gasteiger partial charge in [-0.3, -0.25) is 0 Å². The molecule has 1 nitrogen and oxygen atoms in total. The summed E-state index contributed by atoms with van der Waals surface area (Å²) in [6.45, 7) is 0. The first kappa shape index (κ1) is 7.07. The second-order valence-corrected chi connectivity index (χ2v) is 5.06. The predicted octanol–water partition coefficient (Wildman–Crippen LogP) is 0.134. The molecule has 0 saturated heterocycles. The van der Waals surface area contributed by atoms with E-state index >= 15 is 0 Å². The molecule has 0 fully saturated rings. The lowest BCUT2D eigenvalue weighted by molar-refractivity contribution is 0.366. The van der Waals surface area contributed by atoms with E-state index in [-0.39, 0.29) is 9.17 Å². The molecule has 1 N–H and O–H groups in total. The Morgan fingerprint density at radius 1 is 1.67 bits per heavy atom. The van der Waals surface area contributed by atoms with Crippen molar-refractivity contribution in [2.45, 2.75) is 3.70 Å². The van der Waals surface area contributed by atoms with Crippen LogP contribution in [-0.2, 0) is 0 Å². The van der Waals surface area contributed by atoms with Crippen molar-refractivity contribution < 1.29 is 5.11 Å². The van der Waals surface area contributed by atoms with Gasteiger partial charge in [0.1, 0.15) is 0 Å². The van der Waals surface area contributed by atoms with Gasteiger partial charge in [0.2, 0.25) is 0 Å². The van der Waals surface area contributed by atoms with Crippen molar-refractivity contribution in [2.75, 3.05) is 5.47 Å². The standard InChI is InChI=1S/CHCl2.CH3O.Al.H/c2-1-3;1-2;;/h1H;2H,1H2;;. The van der Waals surface area contributed by atoms with E-state index in [9.17, 15) is 0 Å². The average Bonchev–Trinajstić information content (AvgIpc) is 1.35. The molecule has 0 amide bonds. The van der Waals surface area contributed by atoms with Crippen LogP contribution in [-0.4, -0.2) is 29.5 Å². The number of aliphatic hydroxyl groups excluding tert-OH is 1. The molecule has 6 heavy (non-hydrogen) atoms. The van der Waals surface area contributed by atoms with Gasteiger partial charge in [-0.25, -0.2) is 0 Å². The highest BCUT2D eigenvalue weighted by molar-refractivity contribution is 6.68. The lowest BCUT2D eigenvalue weighted by Crippen LogP contribution is -2.05. The topological polar surface area (TPSA) is 20.2 Å². The highest BCUT2D eigenvalue weighted by Gasteiger charge is 1.99. The van der Waals surface area contributed by atoms with E-state index in [0.29, 0.717) is 0 Å². The third kappa shape index (κ3) is 5.07. The van der Waals surface area contributed by atoms with Crippen molar-refractivity contribution in [3.8, 4) is 0 Å². The lowest BCUT2D eigenvalue weighted by atomic mass is 11.7. The molecule has 0 aliphatic rings. The lowest BCUT2D eigenvalue weighted by Gasteiger charge is -1.86. The molecule has 0 unspecified atom stereocenters. The molecule has 0 aliphatic heterocycles. The molecule has 0 aromatic rings. The maximum atomic E-state index is 8.13. The summed E-state index contributed by atoms with van der Waals surface area (Å²) >= 11 is 9.93. The van der Waals surface area contributed by atoms with Crippen LogP contribution in [0, 0.1) is 0 Å². The fourth-order valence-electron chi connectivity index (χ4n) is 0.0976. The fraction of sp³-hybridized carbons (Fsp3) is 1.00. The molecule has 0 aromatic carbocycles. The molecule has 0 rings (SSSR count). The zero-order valence-corrected chi connectivity index (χ0v) is 6.12. The molecule has 0 aromatic heterocycles. The average molecular weight is 143 g/mol. The molecule has 0 heterocycles. The van der Waals surface area contributed by atoms with Gasteiger partial charge in [-0.05, 0) is 5.47 Å². The maximum absolute atomic E-state index is 8.13. The third-order valence-electron chi connectivity index (χ3n) is 0.347. The summed E-state index contributed by atoms with van der Waals surface area (Å²) in [6, 6.07) is 0. The van der Waals surface area contributed by atoms with E-state index < -0.39 is 15.2 Å². The quantitative estimate of drug-likeness (QED) is 0.430. The first-order valence-corrected chi connectivity index (χ1v) is 4.35. The van der Waals surface area contributed by atoms with Gasteiger partial charge >= 0.3 is 15.2 Å². The highest BCUT2D eigenvalue weighted by atomic mass is 35.5. The number of hydrogen-bond donors (Lipinski definition) is 1. The van der Waals surface area contributed by atoms with Crippen molar-refractivity contribution in [1.82, 2.24) is 0 Å². The molecular formula is C2H5AlCl2O. The molecule has 4 heteroatoms. The summed E-state index contributed by atoms with van der Waals surface area (Å²) in [5, 5.41) is 8.13. The highest BCUT2D eigenvalue weighted by Crippen LogP contribution is 1.95. The maximum Gasteiger partial charge on any atom is 0.326 e. The van der Waals surface area contributed by atoms with Crippen LogP contribution in [0.2, 0.25) is 0 Å². The Labute approximate surface area is 53.0 Å². The van der Waals surface area contributed by atoms with Crippen molar-refractivity contribution in [1.29, 1.82) is 0 Å². The Morgan fingerprint density at radius 2 is 2.17 bits per heavy atom. The minimum absolute atomic E-state index is 0.206. The van der Waals surface area contributed by atoms with Crippen LogP contribution in [0.5, 0.6) is 0 Å². The van der Waals surface area contributed by atoms with Gasteiger partial charge < -0.3 is 5.11 Å². The Hall–Kier alpha value is 1.07. The Bertz CT molecular complexity index is 32.7. The molecule has 0 radical (unpaired) electrons. The SMILES string of the molecule is O[CH2][AlH][CH](Cl)Cl. The minimum Gasteiger partial charge on any atom is -0.412 e. The Kier molecular flexibility index (Phi) is 4.99. The normalized spacial score (nSPS) is 9.33. The molecule has 0 atom stereocenters. The summed E-state index contributed by atoms with van der Waals surface area (Å²) in [7, 11) is 0. The first-order valence-electron chi connectivity index (χ1n) is 1.66. The van der Waals surface area contributed by atoms with Gasteiger partial charge in [-0.2, -0.15) is 0 Å². The zero-order valence-electron chi connectivity index (χ0n) is 3.19. The molecular weight excluding hydrogens is 138 g/mol. The fourth-order valence-corrected chi connectivity index (χ4v) is 0.878. The van der Waals surface area contributed by atoms with E-state index in [1.54, 1.807) is 0 Å². The van der Waals surface area contributed by atoms with Crippen molar-refractivity contribution in [3.05, 3.63) is 0 Å². The van der Waals surface area contributed by atoms with Gasteiger partial charge in [0.25, 0.3) is 0 Å². The van der Waals surface area contributed by atoms with E-state index in [2.05, 4.69) is 0 Å². The van der Waals surface area contributed by atoms with Gasteiger partial charge in [0, 0.05) is 0 Å². The van der Waals surface area contributed by atoms with Crippen LogP contribution in [0.1, 0.15) is 0 Å². The monoisotopic (exact) mass is 142 g/mol. The van der Waals surface area contributed by atoms with Crippen LogP contribution in [0.4, 0.5) is 0 Å². The van der Waals surface area contributed by atoms with Crippen molar-refractivity contribution in [3.63, 3.8) is 0 Å². The molecule has 0 saturated carbocycles. The van der Waals surface area contributed by atoms with Crippen LogP contribution in [0.15, 0.2) is 0 Å². The van der Waals surface area contributed by atoms with E-state index in [0.717, 1.165) is 0 Å². The van der Waals surface area contributed by atoms with Crippen LogP contribution >= 0.6 is 23.2 Å². The predicted molar refractivity (Wildman–Crippen MR) is 29.7 cm³/mol. The first-order chi connectivity index (χ1) is 2.77. The minimum atomic E-state index is -0.557. The number of alkyl halides is 2. The van der Waals surface area contributed by atoms with Gasteiger partial charge in [0.05, 0.1) is 3.70 Å². The molecule has 0 bridgehead atoms. The number of halogens is 2. The second-order valence-electron chi connectivity index (χ2n) is 0.903. The largest absolute Gasteiger partial charge is 0.412 e. The second kappa shape index (κ2) is 4.24. The zero-order chi connectivity index (χ0) is 4.99. The molecule has 0 aliphatic carbocycles. The van der Waals surface area contributed by atoms with Gasteiger partial charge in [-0.15, -0.1) is 23.2 Å².